The molecule has 2 aliphatic heterocycles. The van der Waals surface area contributed by atoms with E-state index in [-0.39, 0.29) is 30.0 Å². The number of aliphatic carboxylic acids is 1. The number of hydrogen-bond donors (Lipinski definition) is 3. The molecule has 3 heterocycles. The van der Waals surface area contributed by atoms with E-state index in [4.69, 9.17) is 0 Å². The molecular weight excluding hydrogens is 378 g/mol. The van der Waals surface area contributed by atoms with Crippen LogP contribution < -0.4 is 5.32 Å². The molecule has 150 valence electrons. The van der Waals surface area contributed by atoms with Crippen LogP contribution in [-0.4, -0.2) is 50.2 Å². The quantitative estimate of drug-likeness (QED) is 0.625. The van der Waals surface area contributed by atoms with E-state index < -0.39 is 18.0 Å². The Hall–Kier alpha value is -3.46. The molecule has 3 atom stereocenters. The number of nitrogens with one attached hydrogen (secondary N) is 1. The van der Waals surface area contributed by atoms with E-state index >= 15 is 0 Å². The molecule has 2 aromatic rings. The second-order valence-electron chi connectivity index (χ2n) is 7.18. The molecule has 0 bridgehead atoms. The van der Waals surface area contributed by atoms with Crippen molar-refractivity contribution in [2.24, 2.45) is 5.92 Å². The largest absolute Gasteiger partial charge is 0.477 e. The number of carbonyl (C=O) groups excluding carboxylic acids is 2. The van der Waals surface area contributed by atoms with Gasteiger partial charge < -0.3 is 25.0 Å². The van der Waals surface area contributed by atoms with Gasteiger partial charge in [0.2, 0.25) is 11.8 Å². The first kappa shape index (κ1) is 18.9. The molecule has 0 unspecified atom stereocenters. The van der Waals surface area contributed by atoms with Crippen LogP contribution in [0, 0.1) is 5.92 Å². The summed E-state index contributed by atoms with van der Waals surface area (Å²) in [6, 6.07) is 8.17. The van der Waals surface area contributed by atoms with Crippen molar-refractivity contribution in [2.75, 3.05) is 5.32 Å². The van der Waals surface area contributed by atoms with Gasteiger partial charge in [0.1, 0.15) is 12.0 Å². The molecule has 9 heteroatoms. The van der Waals surface area contributed by atoms with Crippen LogP contribution in [0.25, 0.3) is 5.57 Å². The Labute approximate surface area is 165 Å². The number of nitrogens with zero attached hydrogens (tertiary/aromatic N) is 2. The second-order valence-corrected chi connectivity index (χ2v) is 7.18. The molecule has 2 aliphatic rings. The number of anilines is 1. The number of carbonyl (C=O) groups is 3. The maximum Gasteiger partial charge on any atom is 0.352 e. The Balaban J connectivity index is 1.52. The molecule has 1 aromatic heterocycles. The third-order valence-electron chi connectivity index (χ3n) is 5.30. The van der Waals surface area contributed by atoms with Gasteiger partial charge in [-0.2, -0.15) is 0 Å². The number of hydrogen-bond acceptors (Lipinski definition) is 6. The Bertz CT molecular complexity index is 994. The zero-order chi connectivity index (χ0) is 20.7. The van der Waals surface area contributed by atoms with E-state index in [2.05, 4.69) is 15.0 Å². The molecule has 1 saturated heterocycles. The third kappa shape index (κ3) is 3.29. The predicted octanol–water partition coefficient (Wildman–Crippen LogP) is 1.26. The predicted molar refractivity (Wildman–Crippen MR) is 100 cm³/mol. The zero-order valence-corrected chi connectivity index (χ0v) is 15.5. The summed E-state index contributed by atoms with van der Waals surface area (Å²) in [5, 5.41) is 25.7. The van der Waals surface area contributed by atoms with Gasteiger partial charge in [0.05, 0.1) is 24.5 Å². The van der Waals surface area contributed by atoms with Gasteiger partial charge in [-0.05, 0) is 30.0 Å². The first-order valence-corrected chi connectivity index (χ1v) is 9.14. The van der Waals surface area contributed by atoms with Gasteiger partial charge in [-0.15, -0.1) is 0 Å². The Kier molecular flexibility index (Phi) is 4.67. The van der Waals surface area contributed by atoms with Crippen LogP contribution in [0.4, 0.5) is 5.82 Å². The van der Waals surface area contributed by atoms with Gasteiger partial charge in [-0.3, -0.25) is 9.59 Å². The van der Waals surface area contributed by atoms with Gasteiger partial charge in [-0.1, -0.05) is 29.4 Å². The Morgan fingerprint density at radius 3 is 2.62 bits per heavy atom. The number of benzene rings is 1. The average molecular weight is 397 g/mol. The molecule has 0 saturated carbocycles. The summed E-state index contributed by atoms with van der Waals surface area (Å²) in [7, 11) is 0. The number of aromatic nitrogens is 1. The molecule has 2 amide bonds. The molecule has 4 rings (SSSR count). The molecule has 9 nitrogen and oxygen atoms in total. The van der Waals surface area contributed by atoms with Crippen molar-refractivity contribution in [3.63, 3.8) is 0 Å². The van der Waals surface area contributed by atoms with Gasteiger partial charge >= 0.3 is 5.97 Å². The van der Waals surface area contributed by atoms with Crippen LogP contribution in [0.5, 0.6) is 0 Å². The fourth-order valence-corrected chi connectivity index (χ4v) is 4.00. The minimum Gasteiger partial charge on any atom is -0.477 e. The molecule has 0 spiro atoms. The molecular formula is C20H19N3O6. The Morgan fingerprint density at radius 1 is 1.31 bits per heavy atom. The van der Waals surface area contributed by atoms with Crippen LogP contribution in [0.15, 0.2) is 46.8 Å². The first-order chi connectivity index (χ1) is 13.9. The average Bonchev–Trinajstić information content (AvgIpc) is 3.27. The van der Waals surface area contributed by atoms with Crippen LogP contribution in [0.2, 0.25) is 0 Å². The number of aliphatic hydroxyl groups is 1. The summed E-state index contributed by atoms with van der Waals surface area (Å²) in [5.41, 5.74) is 1.94. The number of carboxylic acids is 1. The van der Waals surface area contributed by atoms with Crippen molar-refractivity contribution in [3.8, 4) is 0 Å². The monoisotopic (exact) mass is 397 g/mol. The fourth-order valence-electron chi connectivity index (χ4n) is 4.00. The summed E-state index contributed by atoms with van der Waals surface area (Å²) in [5.74, 6) is -2.04. The van der Waals surface area contributed by atoms with Crippen LogP contribution in [0.3, 0.4) is 0 Å². The Morgan fingerprint density at radius 2 is 2.03 bits per heavy atom. The van der Waals surface area contributed by atoms with Crippen molar-refractivity contribution in [3.05, 3.63) is 53.4 Å². The topological polar surface area (TPSA) is 133 Å². The van der Waals surface area contributed by atoms with Crippen molar-refractivity contribution < 1.29 is 29.1 Å². The highest BCUT2D eigenvalue weighted by molar-refractivity contribution is 6.06. The van der Waals surface area contributed by atoms with E-state index in [1.807, 2.05) is 0 Å². The summed E-state index contributed by atoms with van der Waals surface area (Å²) in [6.07, 6.45) is 1.02. The van der Waals surface area contributed by atoms with Crippen LogP contribution >= 0.6 is 0 Å². The standard InChI is InChI=1S/C20H19N3O6/c1-10(24)17-14-9-13(18(20(27)28)23(14)19(17)26)12-4-2-11(3-5-12)8-16(25)21-15-6-7-29-22-15/h2-7,10,14,17,24H,8-9H2,1H3,(H,27,28)(H,21,22,25)/t10-,14-,17-/m1/s1. The van der Waals surface area contributed by atoms with E-state index in [0.29, 0.717) is 23.4 Å². The fraction of sp³-hybridized carbons (Fsp3) is 0.300. The van der Waals surface area contributed by atoms with Gasteiger partial charge in [0, 0.05) is 6.07 Å². The number of carboxylic acid groups (broad SMARTS) is 1. The highest BCUT2D eigenvalue weighted by Gasteiger charge is 2.56. The van der Waals surface area contributed by atoms with Crippen molar-refractivity contribution in [1.29, 1.82) is 0 Å². The third-order valence-corrected chi connectivity index (χ3v) is 5.30. The summed E-state index contributed by atoms with van der Waals surface area (Å²) in [6.45, 7) is 1.54. The van der Waals surface area contributed by atoms with Crippen LogP contribution in [0.1, 0.15) is 24.5 Å². The van der Waals surface area contributed by atoms with Crippen molar-refractivity contribution in [2.45, 2.75) is 31.9 Å². The maximum atomic E-state index is 12.3. The summed E-state index contributed by atoms with van der Waals surface area (Å²) < 4.78 is 4.66. The van der Waals surface area contributed by atoms with E-state index in [1.54, 1.807) is 24.3 Å². The molecule has 0 radical (unpaired) electrons. The molecule has 0 aliphatic carbocycles. The highest BCUT2D eigenvalue weighted by atomic mass is 16.5. The smallest absolute Gasteiger partial charge is 0.352 e. The normalized spacial score (nSPS) is 21.6. The second kappa shape index (κ2) is 7.17. The van der Waals surface area contributed by atoms with Crippen molar-refractivity contribution >= 4 is 29.2 Å². The first-order valence-electron chi connectivity index (χ1n) is 9.14. The number of amides is 2. The molecule has 29 heavy (non-hydrogen) atoms. The minimum absolute atomic E-state index is 0.0339. The van der Waals surface area contributed by atoms with Gasteiger partial charge in [-0.25, -0.2) is 4.79 Å². The zero-order valence-electron chi connectivity index (χ0n) is 15.5. The SMILES string of the molecule is C[C@@H](O)[C@H]1C(=O)N2C(C(=O)O)=C(c3ccc(CC(=O)Nc4ccon4)cc3)C[C@H]12. The molecule has 3 N–H and O–H groups in total. The molecule has 1 aromatic carbocycles. The number of β-lactam (4-membered cyclic amide) rings is 1. The summed E-state index contributed by atoms with van der Waals surface area (Å²) in [4.78, 5) is 37.4. The minimum atomic E-state index is -1.17. The van der Waals surface area contributed by atoms with E-state index in [9.17, 15) is 24.6 Å². The molecule has 1 fully saturated rings. The summed E-state index contributed by atoms with van der Waals surface area (Å²) >= 11 is 0. The van der Waals surface area contributed by atoms with E-state index in [1.165, 1.54) is 24.2 Å². The van der Waals surface area contributed by atoms with Gasteiger partial charge in [0.25, 0.3) is 0 Å². The van der Waals surface area contributed by atoms with Crippen LogP contribution in [-0.2, 0) is 20.8 Å². The maximum absolute atomic E-state index is 12.3. The lowest BCUT2D eigenvalue weighted by molar-refractivity contribution is -0.161. The highest BCUT2D eigenvalue weighted by Crippen LogP contribution is 2.46. The lowest BCUT2D eigenvalue weighted by Crippen LogP contribution is -2.61. The van der Waals surface area contributed by atoms with Crippen molar-refractivity contribution in [1.82, 2.24) is 10.1 Å². The van der Waals surface area contributed by atoms with Gasteiger partial charge in [0.15, 0.2) is 5.82 Å². The number of fused-ring (bicyclic) bond motifs is 1. The lowest BCUT2D eigenvalue weighted by Gasteiger charge is -2.44. The lowest BCUT2D eigenvalue weighted by atomic mass is 9.82. The number of aliphatic hydroxyl groups excluding tert-OH is 1. The van der Waals surface area contributed by atoms with E-state index in [0.717, 1.165) is 5.56 Å². The number of rotatable bonds is 6.